The molecule has 9 aromatic carbocycles. The molecule has 0 aliphatic heterocycles. The molecule has 0 unspecified atom stereocenters. The molecule has 11 aromatic rings. The lowest BCUT2D eigenvalue weighted by Crippen LogP contribution is -2.11. The van der Waals surface area contributed by atoms with Crippen molar-refractivity contribution >= 4 is 60.7 Å². The Balaban J connectivity index is 1.04. The number of rotatable bonds is 7. The predicted molar refractivity (Wildman–Crippen MR) is 241 cm³/mol. The monoisotopic (exact) mass is 727 g/mol. The molecule has 0 spiro atoms. The molecule has 0 bridgehead atoms. The fourth-order valence-corrected chi connectivity index (χ4v) is 8.72. The number of nitrogens with zero attached hydrogens (tertiary/aromatic N) is 3. The molecule has 2 heterocycles. The van der Waals surface area contributed by atoms with Crippen LogP contribution in [0.3, 0.4) is 0 Å². The van der Waals surface area contributed by atoms with Crippen LogP contribution in [0.5, 0.6) is 0 Å². The molecule has 0 saturated heterocycles. The Morgan fingerprint density at radius 1 is 0.281 bits per heavy atom. The quantitative estimate of drug-likeness (QED) is 0.159. The summed E-state index contributed by atoms with van der Waals surface area (Å²) in [5, 5.41) is 5.01. The summed E-state index contributed by atoms with van der Waals surface area (Å²) in [6.45, 7) is 0. The van der Waals surface area contributed by atoms with Gasteiger partial charge in [-0.15, -0.1) is 0 Å². The van der Waals surface area contributed by atoms with E-state index >= 15 is 0 Å². The molecule has 0 aliphatic carbocycles. The van der Waals surface area contributed by atoms with E-state index in [0.717, 1.165) is 28.4 Å². The van der Waals surface area contributed by atoms with Crippen LogP contribution in [0.4, 0.5) is 17.1 Å². The third-order valence-corrected chi connectivity index (χ3v) is 11.3. The van der Waals surface area contributed by atoms with Crippen molar-refractivity contribution in [1.82, 2.24) is 9.13 Å². The highest BCUT2D eigenvalue weighted by Gasteiger charge is 2.20. The van der Waals surface area contributed by atoms with Crippen LogP contribution in [-0.2, 0) is 0 Å². The maximum Gasteiger partial charge on any atom is 0.0561 e. The zero-order valence-corrected chi connectivity index (χ0v) is 31.2. The van der Waals surface area contributed by atoms with Crippen molar-refractivity contribution < 1.29 is 0 Å². The number of benzene rings is 9. The highest BCUT2D eigenvalue weighted by molar-refractivity contribution is 6.11. The predicted octanol–water partition coefficient (Wildman–Crippen LogP) is 14.7. The smallest absolute Gasteiger partial charge is 0.0561 e. The minimum absolute atomic E-state index is 1.09. The van der Waals surface area contributed by atoms with Crippen molar-refractivity contribution in [2.75, 3.05) is 4.90 Å². The van der Waals surface area contributed by atoms with Gasteiger partial charge in [-0.3, -0.25) is 0 Å². The number of fused-ring (bicyclic) bond motifs is 6. The highest BCUT2D eigenvalue weighted by Crippen LogP contribution is 2.43. The van der Waals surface area contributed by atoms with Crippen LogP contribution in [0.1, 0.15) is 0 Å². The average molecular weight is 728 g/mol. The fourth-order valence-electron chi connectivity index (χ4n) is 8.72. The molecule has 57 heavy (non-hydrogen) atoms. The lowest BCUT2D eigenvalue weighted by atomic mass is 10.0. The van der Waals surface area contributed by atoms with Crippen molar-refractivity contribution in [3.63, 3.8) is 0 Å². The molecule has 3 heteroatoms. The summed E-state index contributed by atoms with van der Waals surface area (Å²) in [4.78, 5) is 2.41. The van der Waals surface area contributed by atoms with E-state index in [1.165, 1.54) is 65.9 Å². The van der Waals surface area contributed by atoms with Crippen molar-refractivity contribution in [2.24, 2.45) is 0 Å². The number of hydrogen-bond donors (Lipinski definition) is 0. The zero-order valence-electron chi connectivity index (χ0n) is 31.2. The van der Waals surface area contributed by atoms with E-state index in [9.17, 15) is 0 Å². The number of hydrogen-bond acceptors (Lipinski definition) is 1. The SMILES string of the molecule is c1ccc(-c2ccccc2N(c2ccc(-c3ccc(-n4c5ccccc5c5ccccc54)cc3)cc2)c2ccc3c4ccccc4n(-c4ccccc4)c3c2)cc1. The molecule has 0 radical (unpaired) electrons. The summed E-state index contributed by atoms with van der Waals surface area (Å²) in [5.74, 6) is 0. The summed E-state index contributed by atoms with van der Waals surface area (Å²) in [6.07, 6.45) is 0. The van der Waals surface area contributed by atoms with Gasteiger partial charge in [-0.25, -0.2) is 0 Å². The van der Waals surface area contributed by atoms with Crippen molar-refractivity contribution in [1.29, 1.82) is 0 Å². The van der Waals surface area contributed by atoms with Gasteiger partial charge in [-0.2, -0.15) is 0 Å². The lowest BCUT2D eigenvalue weighted by Gasteiger charge is -2.28. The Bertz CT molecular complexity index is 3160. The summed E-state index contributed by atoms with van der Waals surface area (Å²) < 4.78 is 4.76. The number of aromatic nitrogens is 2. The third kappa shape index (κ3) is 5.51. The Labute approximate surface area is 331 Å². The van der Waals surface area contributed by atoms with Gasteiger partial charge in [0, 0.05) is 49.9 Å². The Morgan fingerprint density at radius 3 is 1.33 bits per heavy atom. The molecule has 0 fully saturated rings. The van der Waals surface area contributed by atoms with Crippen LogP contribution in [0, 0.1) is 0 Å². The zero-order chi connectivity index (χ0) is 37.7. The minimum Gasteiger partial charge on any atom is -0.310 e. The van der Waals surface area contributed by atoms with Crippen molar-refractivity contribution in [3.8, 4) is 33.6 Å². The van der Waals surface area contributed by atoms with E-state index in [2.05, 4.69) is 238 Å². The van der Waals surface area contributed by atoms with Crippen LogP contribution in [0.25, 0.3) is 77.2 Å². The molecule has 0 atom stereocenters. The third-order valence-electron chi connectivity index (χ3n) is 11.3. The van der Waals surface area contributed by atoms with Gasteiger partial charge in [-0.05, 0) is 89.5 Å². The van der Waals surface area contributed by atoms with E-state index in [4.69, 9.17) is 0 Å². The Kier molecular flexibility index (Phi) is 7.82. The van der Waals surface area contributed by atoms with Gasteiger partial charge < -0.3 is 14.0 Å². The highest BCUT2D eigenvalue weighted by atomic mass is 15.1. The van der Waals surface area contributed by atoms with E-state index in [1.807, 2.05) is 0 Å². The summed E-state index contributed by atoms with van der Waals surface area (Å²) in [7, 11) is 0. The first kappa shape index (κ1) is 32.8. The molecular formula is C54H37N3. The Hall–Kier alpha value is -7.62. The minimum atomic E-state index is 1.09. The molecule has 2 aromatic heterocycles. The van der Waals surface area contributed by atoms with Crippen molar-refractivity contribution in [2.45, 2.75) is 0 Å². The Morgan fingerprint density at radius 2 is 0.719 bits per heavy atom. The molecule has 0 amide bonds. The molecular weight excluding hydrogens is 691 g/mol. The first-order valence-corrected chi connectivity index (χ1v) is 19.5. The van der Waals surface area contributed by atoms with Gasteiger partial charge in [-0.1, -0.05) is 152 Å². The summed E-state index contributed by atoms with van der Waals surface area (Å²) in [6, 6.07) is 81.1. The van der Waals surface area contributed by atoms with E-state index in [0.29, 0.717) is 0 Å². The number of anilines is 3. The second-order valence-electron chi connectivity index (χ2n) is 14.6. The molecule has 0 aliphatic rings. The van der Waals surface area contributed by atoms with E-state index in [1.54, 1.807) is 0 Å². The van der Waals surface area contributed by atoms with Crippen LogP contribution >= 0.6 is 0 Å². The topological polar surface area (TPSA) is 13.1 Å². The van der Waals surface area contributed by atoms with Crippen LogP contribution in [0.15, 0.2) is 224 Å². The van der Waals surface area contributed by atoms with E-state index < -0.39 is 0 Å². The molecule has 268 valence electrons. The molecule has 0 saturated carbocycles. The molecule has 3 nitrogen and oxygen atoms in total. The van der Waals surface area contributed by atoms with Gasteiger partial charge in [0.05, 0.1) is 27.8 Å². The first-order chi connectivity index (χ1) is 28.3. The van der Waals surface area contributed by atoms with Crippen LogP contribution in [0.2, 0.25) is 0 Å². The van der Waals surface area contributed by atoms with Gasteiger partial charge in [0.1, 0.15) is 0 Å². The first-order valence-electron chi connectivity index (χ1n) is 19.5. The maximum absolute atomic E-state index is 2.41. The van der Waals surface area contributed by atoms with Gasteiger partial charge in [0.15, 0.2) is 0 Å². The largest absolute Gasteiger partial charge is 0.310 e. The van der Waals surface area contributed by atoms with Gasteiger partial charge in [0.2, 0.25) is 0 Å². The summed E-state index contributed by atoms with van der Waals surface area (Å²) >= 11 is 0. The number of para-hydroxylation sites is 5. The van der Waals surface area contributed by atoms with Crippen LogP contribution in [-0.4, -0.2) is 9.13 Å². The second kappa shape index (κ2) is 13.6. The van der Waals surface area contributed by atoms with E-state index in [-0.39, 0.29) is 0 Å². The summed E-state index contributed by atoms with van der Waals surface area (Å²) in [5.41, 5.74) is 15.1. The normalized spacial score (nSPS) is 11.5. The maximum atomic E-state index is 2.41. The lowest BCUT2D eigenvalue weighted by molar-refractivity contribution is 1.18. The fraction of sp³-hybridized carbons (Fsp3) is 0. The molecule has 11 rings (SSSR count). The average Bonchev–Trinajstić information content (AvgIpc) is 3.80. The van der Waals surface area contributed by atoms with Crippen LogP contribution < -0.4 is 4.90 Å². The van der Waals surface area contributed by atoms with Gasteiger partial charge >= 0.3 is 0 Å². The second-order valence-corrected chi connectivity index (χ2v) is 14.6. The standard InChI is InChI=1S/C54H37N3/c1-3-15-40(16-4-1)45-19-7-11-23-50(45)55(44-35-36-49-48-22-10-14-26-53(48)57(54(49)37-44)41-17-5-2-6-18-41)42-31-27-38(28-32-42)39-29-33-43(34-30-39)56-51-24-12-8-20-46(51)47-21-9-13-25-52(47)56/h1-37H. The van der Waals surface area contributed by atoms with Crippen molar-refractivity contribution in [3.05, 3.63) is 224 Å². The van der Waals surface area contributed by atoms with Gasteiger partial charge in [0.25, 0.3) is 0 Å². The molecule has 0 N–H and O–H groups in total.